The summed E-state index contributed by atoms with van der Waals surface area (Å²) in [6.07, 6.45) is 0.390. The maximum absolute atomic E-state index is 10.9. The molecule has 1 amide bonds. The molecule has 1 aromatic carbocycles. The standard InChI is InChI=1S/C18H19BrN6O3/c1-18(2,3)12-9(7-22-17(26)27)5-4-6-10(12)15-24-25-16(28-15)13-14(20)21-8-11(19)23-13/h4-6,8,22H,7H2,1-3H3,(H2,20,21)(H,26,27). The molecule has 2 aromatic heterocycles. The quantitative estimate of drug-likeness (QED) is 0.551. The van der Waals surface area contributed by atoms with Gasteiger partial charge in [-0.1, -0.05) is 32.9 Å². The second-order valence-corrected chi connectivity index (χ2v) is 7.90. The lowest BCUT2D eigenvalue weighted by Gasteiger charge is -2.25. The number of anilines is 1. The number of hydrogen-bond donors (Lipinski definition) is 3. The Balaban J connectivity index is 2.09. The first kappa shape index (κ1) is 19.7. The first-order valence-corrected chi connectivity index (χ1v) is 9.17. The van der Waals surface area contributed by atoms with Gasteiger partial charge in [0.1, 0.15) is 4.60 Å². The third-order valence-corrected chi connectivity index (χ3v) is 4.34. The lowest BCUT2D eigenvalue weighted by molar-refractivity contribution is 0.194. The van der Waals surface area contributed by atoms with E-state index in [2.05, 4.69) is 41.4 Å². The fourth-order valence-corrected chi connectivity index (χ4v) is 3.22. The summed E-state index contributed by atoms with van der Waals surface area (Å²) in [4.78, 5) is 19.2. The van der Waals surface area contributed by atoms with Crippen molar-refractivity contribution in [1.29, 1.82) is 0 Å². The highest BCUT2D eigenvalue weighted by Gasteiger charge is 2.26. The van der Waals surface area contributed by atoms with Crippen molar-refractivity contribution < 1.29 is 14.3 Å². The second-order valence-electron chi connectivity index (χ2n) is 7.09. The van der Waals surface area contributed by atoms with E-state index in [0.717, 1.165) is 16.7 Å². The lowest BCUT2D eigenvalue weighted by atomic mass is 9.80. The maximum atomic E-state index is 10.9. The minimum atomic E-state index is -1.09. The predicted octanol–water partition coefficient (Wildman–Crippen LogP) is 3.60. The highest BCUT2D eigenvalue weighted by Crippen LogP contribution is 2.36. The Bertz CT molecular complexity index is 1030. The molecule has 0 bridgehead atoms. The number of aromatic nitrogens is 4. The van der Waals surface area contributed by atoms with Gasteiger partial charge in [0.2, 0.25) is 5.89 Å². The molecule has 0 saturated carbocycles. The van der Waals surface area contributed by atoms with Crippen molar-refractivity contribution in [2.45, 2.75) is 32.7 Å². The number of nitrogens with two attached hydrogens (primary N) is 1. The average molecular weight is 447 g/mol. The van der Waals surface area contributed by atoms with Gasteiger partial charge in [0.15, 0.2) is 11.5 Å². The van der Waals surface area contributed by atoms with Gasteiger partial charge in [0.05, 0.1) is 6.20 Å². The summed E-state index contributed by atoms with van der Waals surface area (Å²) in [5.41, 5.74) is 8.32. The zero-order valence-corrected chi connectivity index (χ0v) is 17.1. The van der Waals surface area contributed by atoms with Crippen molar-refractivity contribution in [2.24, 2.45) is 0 Å². The lowest BCUT2D eigenvalue weighted by Crippen LogP contribution is -2.24. The normalized spacial score (nSPS) is 11.4. The van der Waals surface area contributed by atoms with Crippen LogP contribution in [0.25, 0.3) is 23.0 Å². The molecule has 0 saturated heterocycles. The third kappa shape index (κ3) is 4.11. The summed E-state index contributed by atoms with van der Waals surface area (Å²) >= 11 is 3.25. The summed E-state index contributed by atoms with van der Waals surface area (Å²) in [5, 5.41) is 19.6. The van der Waals surface area contributed by atoms with E-state index in [4.69, 9.17) is 15.3 Å². The van der Waals surface area contributed by atoms with Crippen LogP contribution >= 0.6 is 15.9 Å². The van der Waals surface area contributed by atoms with Crippen LogP contribution in [0.15, 0.2) is 33.4 Å². The number of amides is 1. The van der Waals surface area contributed by atoms with E-state index < -0.39 is 6.09 Å². The molecule has 0 aliphatic heterocycles. The zero-order valence-electron chi connectivity index (χ0n) is 15.5. The molecule has 0 aliphatic rings. The smallest absolute Gasteiger partial charge is 0.404 e. The monoisotopic (exact) mass is 446 g/mol. The van der Waals surface area contributed by atoms with Gasteiger partial charge in [-0.2, -0.15) is 0 Å². The Kier molecular flexibility index (Phi) is 5.32. The van der Waals surface area contributed by atoms with Gasteiger partial charge in [0, 0.05) is 12.1 Å². The van der Waals surface area contributed by atoms with E-state index in [0.29, 0.717) is 10.5 Å². The molecule has 3 rings (SSSR count). The fourth-order valence-electron chi connectivity index (χ4n) is 2.94. The minimum absolute atomic E-state index is 0.148. The Morgan fingerprint density at radius 3 is 2.68 bits per heavy atom. The number of hydrogen-bond acceptors (Lipinski definition) is 7. The van der Waals surface area contributed by atoms with Crippen molar-refractivity contribution in [3.8, 4) is 23.0 Å². The molecule has 3 aromatic rings. The van der Waals surface area contributed by atoms with Crippen LogP contribution in [0.1, 0.15) is 31.9 Å². The third-order valence-electron chi connectivity index (χ3n) is 3.96. The number of nitrogens with one attached hydrogen (secondary N) is 1. The number of benzene rings is 1. The van der Waals surface area contributed by atoms with Gasteiger partial charge in [0.25, 0.3) is 5.89 Å². The maximum Gasteiger partial charge on any atom is 0.404 e. The first-order chi connectivity index (χ1) is 13.2. The highest BCUT2D eigenvalue weighted by atomic mass is 79.9. The van der Waals surface area contributed by atoms with Gasteiger partial charge in [-0.15, -0.1) is 10.2 Å². The van der Waals surface area contributed by atoms with Crippen molar-refractivity contribution in [1.82, 2.24) is 25.5 Å². The van der Waals surface area contributed by atoms with Crippen LogP contribution in [0.4, 0.5) is 10.6 Å². The van der Waals surface area contributed by atoms with Gasteiger partial charge in [-0.25, -0.2) is 14.8 Å². The van der Waals surface area contributed by atoms with E-state index in [1.54, 1.807) is 0 Å². The number of carboxylic acid groups (broad SMARTS) is 1. The van der Waals surface area contributed by atoms with Gasteiger partial charge >= 0.3 is 6.09 Å². The summed E-state index contributed by atoms with van der Waals surface area (Å²) in [6, 6.07) is 5.55. The molecule has 2 heterocycles. The number of nitrogens with zero attached hydrogens (tertiary/aromatic N) is 4. The topological polar surface area (TPSA) is 140 Å². The van der Waals surface area contributed by atoms with Gasteiger partial charge in [-0.3, -0.25) is 0 Å². The predicted molar refractivity (Wildman–Crippen MR) is 106 cm³/mol. The van der Waals surface area contributed by atoms with Crippen LogP contribution in [0.2, 0.25) is 0 Å². The van der Waals surface area contributed by atoms with Gasteiger partial charge < -0.3 is 20.6 Å². The Hall–Kier alpha value is -3.01. The van der Waals surface area contributed by atoms with Crippen molar-refractivity contribution in [3.05, 3.63) is 40.1 Å². The number of halogens is 1. The molecule has 9 nitrogen and oxygen atoms in total. The van der Waals surface area contributed by atoms with Crippen LogP contribution < -0.4 is 11.1 Å². The summed E-state index contributed by atoms with van der Waals surface area (Å²) in [5.74, 6) is 0.613. The molecule has 0 radical (unpaired) electrons. The number of carbonyl (C=O) groups is 1. The van der Waals surface area contributed by atoms with E-state index in [1.165, 1.54) is 6.20 Å². The Labute approximate surface area is 169 Å². The molecule has 146 valence electrons. The van der Waals surface area contributed by atoms with E-state index in [9.17, 15) is 4.79 Å². The Morgan fingerprint density at radius 2 is 2.00 bits per heavy atom. The van der Waals surface area contributed by atoms with Crippen molar-refractivity contribution >= 4 is 27.8 Å². The molecule has 0 spiro atoms. The molecule has 0 atom stereocenters. The SMILES string of the molecule is CC(C)(C)c1c(CNC(=O)O)cccc1-c1nnc(-c2nc(Br)cnc2N)o1. The molecule has 0 unspecified atom stereocenters. The van der Waals surface area contributed by atoms with Crippen LogP contribution in [-0.4, -0.2) is 31.4 Å². The molecule has 4 N–H and O–H groups in total. The summed E-state index contributed by atoms with van der Waals surface area (Å²) in [6.45, 7) is 6.27. The molecule has 28 heavy (non-hydrogen) atoms. The second kappa shape index (κ2) is 7.55. The molecule has 10 heteroatoms. The molecular formula is C18H19BrN6O3. The van der Waals surface area contributed by atoms with E-state index in [-0.39, 0.29) is 29.4 Å². The molecular weight excluding hydrogens is 428 g/mol. The fraction of sp³-hybridized carbons (Fsp3) is 0.278. The average Bonchev–Trinajstić information content (AvgIpc) is 3.10. The first-order valence-electron chi connectivity index (χ1n) is 8.38. The van der Waals surface area contributed by atoms with Crippen molar-refractivity contribution in [2.75, 3.05) is 5.73 Å². The Morgan fingerprint density at radius 1 is 1.29 bits per heavy atom. The molecule has 0 fully saturated rings. The molecule has 0 aliphatic carbocycles. The van der Waals surface area contributed by atoms with Crippen LogP contribution in [0.3, 0.4) is 0 Å². The van der Waals surface area contributed by atoms with E-state index in [1.807, 2.05) is 39.0 Å². The summed E-state index contributed by atoms with van der Waals surface area (Å²) < 4.78 is 6.34. The highest BCUT2D eigenvalue weighted by molar-refractivity contribution is 9.10. The van der Waals surface area contributed by atoms with Crippen LogP contribution in [-0.2, 0) is 12.0 Å². The zero-order chi connectivity index (χ0) is 20.5. The minimum Gasteiger partial charge on any atom is -0.465 e. The van der Waals surface area contributed by atoms with Gasteiger partial charge in [-0.05, 0) is 38.5 Å². The van der Waals surface area contributed by atoms with Crippen molar-refractivity contribution in [3.63, 3.8) is 0 Å². The van der Waals surface area contributed by atoms with Crippen LogP contribution in [0, 0.1) is 0 Å². The number of rotatable bonds is 4. The largest absolute Gasteiger partial charge is 0.465 e. The number of nitrogen functional groups attached to an aromatic ring is 1. The van der Waals surface area contributed by atoms with Crippen LogP contribution in [0.5, 0.6) is 0 Å². The van der Waals surface area contributed by atoms with E-state index >= 15 is 0 Å². The summed E-state index contributed by atoms with van der Waals surface area (Å²) in [7, 11) is 0.